The van der Waals surface area contributed by atoms with Crippen LogP contribution in [-0.4, -0.2) is 25.2 Å². The van der Waals surface area contributed by atoms with E-state index in [2.05, 4.69) is 35.4 Å². The van der Waals surface area contributed by atoms with Crippen molar-refractivity contribution in [1.82, 2.24) is 10.3 Å². The molecular formula is C20H30Cl2N2O. The van der Waals surface area contributed by atoms with E-state index in [1.807, 2.05) is 12.3 Å². The van der Waals surface area contributed by atoms with E-state index in [-0.39, 0.29) is 24.8 Å². The smallest absolute Gasteiger partial charge is 0.119 e. The highest BCUT2D eigenvalue weighted by Crippen LogP contribution is 2.28. The zero-order chi connectivity index (χ0) is 16.1. The van der Waals surface area contributed by atoms with E-state index < -0.39 is 0 Å². The maximum Gasteiger partial charge on any atom is 0.119 e. The zero-order valence-corrected chi connectivity index (χ0v) is 16.8. The van der Waals surface area contributed by atoms with Gasteiger partial charge in [0.05, 0.1) is 12.6 Å². The molecule has 2 aromatic rings. The first-order valence-electron chi connectivity index (χ1n) is 8.94. The Morgan fingerprint density at radius 3 is 2.80 bits per heavy atom. The number of methoxy groups -OCH3 is 1. The minimum Gasteiger partial charge on any atom is -0.497 e. The highest BCUT2D eigenvalue weighted by Gasteiger charge is 2.22. The van der Waals surface area contributed by atoms with Gasteiger partial charge >= 0.3 is 0 Å². The van der Waals surface area contributed by atoms with Crippen LogP contribution in [0.2, 0.25) is 0 Å². The van der Waals surface area contributed by atoms with Crippen molar-refractivity contribution in [3.8, 4) is 5.75 Å². The number of halogens is 2. The van der Waals surface area contributed by atoms with Gasteiger partial charge in [-0.3, -0.25) is 4.98 Å². The number of aromatic nitrogens is 1. The summed E-state index contributed by atoms with van der Waals surface area (Å²) in [6.45, 7) is 4.72. The molecule has 1 N–H and O–H groups in total. The van der Waals surface area contributed by atoms with Crippen molar-refractivity contribution in [2.24, 2.45) is 11.8 Å². The van der Waals surface area contributed by atoms with Crippen LogP contribution >= 0.6 is 24.8 Å². The standard InChI is InChI=1S/C20H28N2O.2ClH/c1-3-15-14-21-11-9-16(15)5-4-6-17-10-12-22-20-8-7-18(23-2)13-19(17)20;;/h7-8,10,12-13,15-16,21H,3-6,9,11,14H2,1-2H3;2*1H/t15-,16+;;/m0../s1. The fourth-order valence-electron chi connectivity index (χ4n) is 3.92. The van der Waals surface area contributed by atoms with Gasteiger partial charge in [-0.2, -0.15) is 0 Å². The molecule has 2 atom stereocenters. The van der Waals surface area contributed by atoms with Crippen LogP contribution in [0.5, 0.6) is 5.75 Å². The molecule has 1 fully saturated rings. The molecule has 5 heteroatoms. The predicted molar refractivity (Wildman–Crippen MR) is 110 cm³/mol. The Labute approximate surface area is 163 Å². The SMILES string of the molecule is CC[C@H]1CNCC[C@H]1CCCc1ccnc2ccc(OC)cc12.Cl.Cl. The third kappa shape index (κ3) is 5.47. The lowest BCUT2D eigenvalue weighted by atomic mass is 9.81. The van der Waals surface area contributed by atoms with Crippen molar-refractivity contribution in [2.45, 2.75) is 39.0 Å². The van der Waals surface area contributed by atoms with E-state index in [9.17, 15) is 0 Å². The first-order valence-corrected chi connectivity index (χ1v) is 8.94. The Morgan fingerprint density at radius 2 is 2.04 bits per heavy atom. The summed E-state index contributed by atoms with van der Waals surface area (Å²) in [5.41, 5.74) is 2.47. The second kappa shape index (κ2) is 10.8. The summed E-state index contributed by atoms with van der Waals surface area (Å²) >= 11 is 0. The Kier molecular flexibility index (Phi) is 9.55. The molecule has 3 rings (SSSR count). The number of piperidine rings is 1. The first-order chi connectivity index (χ1) is 11.3. The monoisotopic (exact) mass is 384 g/mol. The Morgan fingerprint density at radius 1 is 1.20 bits per heavy atom. The van der Waals surface area contributed by atoms with Crippen molar-refractivity contribution in [3.05, 3.63) is 36.0 Å². The summed E-state index contributed by atoms with van der Waals surface area (Å²) in [6.07, 6.45) is 8.30. The average Bonchev–Trinajstić information content (AvgIpc) is 2.62. The number of hydrogen-bond acceptors (Lipinski definition) is 3. The number of aryl methyl sites for hydroxylation is 1. The van der Waals surface area contributed by atoms with Crippen LogP contribution in [0.3, 0.4) is 0 Å². The van der Waals surface area contributed by atoms with E-state index in [1.54, 1.807) is 7.11 Å². The van der Waals surface area contributed by atoms with Crippen molar-refractivity contribution in [1.29, 1.82) is 0 Å². The molecule has 1 saturated heterocycles. The molecule has 25 heavy (non-hydrogen) atoms. The molecule has 0 aliphatic carbocycles. The number of nitrogens with zero attached hydrogens (tertiary/aromatic N) is 1. The minimum absolute atomic E-state index is 0. The number of nitrogens with one attached hydrogen (secondary N) is 1. The molecule has 3 nitrogen and oxygen atoms in total. The number of fused-ring (bicyclic) bond motifs is 1. The van der Waals surface area contributed by atoms with Crippen LogP contribution in [0.4, 0.5) is 0 Å². The maximum absolute atomic E-state index is 5.37. The third-order valence-electron chi connectivity index (χ3n) is 5.35. The summed E-state index contributed by atoms with van der Waals surface area (Å²) in [7, 11) is 1.72. The minimum atomic E-state index is 0. The third-order valence-corrected chi connectivity index (χ3v) is 5.35. The fraction of sp³-hybridized carbons (Fsp3) is 0.550. The second-order valence-corrected chi connectivity index (χ2v) is 6.67. The maximum atomic E-state index is 5.37. The van der Waals surface area contributed by atoms with E-state index in [1.165, 1.54) is 49.7 Å². The van der Waals surface area contributed by atoms with Crippen molar-refractivity contribution >= 4 is 35.7 Å². The van der Waals surface area contributed by atoms with Crippen LogP contribution < -0.4 is 10.1 Å². The summed E-state index contributed by atoms with van der Waals surface area (Å²) in [4.78, 5) is 4.48. The van der Waals surface area contributed by atoms with E-state index in [4.69, 9.17) is 4.74 Å². The Balaban J connectivity index is 0.00000156. The predicted octanol–water partition coefficient (Wildman–Crippen LogP) is 5.05. The second-order valence-electron chi connectivity index (χ2n) is 6.67. The molecule has 0 amide bonds. The molecule has 0 bridgehead atoms. The number of ether oxygens (including phenoxy) is 1. The van der Waals surface area contributed by atoms with E-state index in [0.29, 0.717) is 0 Å². The zero-order valence-electron chi connectivity index (χ0n) is 15.2. The lowest BCUT2D eigenvalue weighted by molar-refractivity contribution is 0.230. The van der Waals surface area contributed by atoms with Crippen LogP contribution in [0.15, 0.2) is 30.5 Å². The molecule has 1 aromatic heterocycles. The van der Waals surface area contributed by atoms with Crippen molar-refractivity contribution < 1.29 is 4.74 Å². The molecule has 140 valence electrons. The summed E-state index contributed by atoms with van der Waals surface area (Å²) in [5, 5.41) is 4.78. The van der Waals surface area contributed by atoms with E-state index in [0.717, 1.165) is 29.5 Å². The van der Waals surface area contributed by atoms with Gasteiger partial charge in [0.15, 0.2) is 0 Å². The summed E-state index contributed by atoms with van der Waals surface area (Å²) < 4.78 is 5.37. The molecule has 1 aliphatic rings. The van der Waals surface area contributed by atoms with Gasteiger partial charge in [0.25, 0.3) is 0 Å². The molecule has 0 unspecified atom stereocenters. The highest BCUT2D eigenvalue weighted by molar-refractivity contribution is 5.85. The van der Waals surface area contributed by atoms with Gasteiger partial charge in [0, 0.05) is 11.6 Å². The molecule has 0 radical (unpaired) electrons. The molecule has 1 aliphatic heterocycles. The van der Waals surface area contributed by atoms with Crippen LogP contribution in [0.25, 0.3) is 10.9 Å². The molecule has 1 aromatic carbocycles. The van der Waals surface area contributed by atoms with Gasteiger partial charge in [-0.1, -0.05) is 13.3 Å². The number of hydrogen-bond donors (Lipinski definition) is 1. The van der Waals surface area contributed by atoms with Gasteiger partial charge in [-0.05, 0) is 80.4 Å². The van der Waals surface area contributed by atoms with Crippen LogP contribution in [0.1, 0.15) is 38.2 Å². The topological polar surface area (TPSA) is 34.2 Å². The van der Waals surface area contributed by atoms with Crippen molar-refractivity contribution in [2.75, 3.05) is 20.2 Å². The normalized spacial score (nSPS) is 19.8. The lowest BCUT2D eigenvalue weighted by Crippen LogP contribution is -2.36. The molecular weight excluding hydrogens is 355 g/mol. The Hall–Kier alpha value is -1.03. The summed E-state index contributed by atoms with van der Waals surface area (Å²) in [6, 6.07) is 8.33. The highest BCUT2D eigenvalue weighted by atomic mass is 35.5. The lowest BCUT2D eigenvalue weighted by Gasteiger charge is -2.31. The quantitative estimate of drug-likeness (QED) is 0.756. The fourth-order valence-corrected chi connectivity index (χ4v) is 3.92. The van der Waals surface area contributed by atoms with Gasteiger partial charge in [0.2, 0.25) is 0 Å². The summed E-state index contributed by atoms with van der Waals surface area (Å²) in [5.74, 6) is 2.66. The van der Waals surface area contributed by atoms with Crippen molar-refractivity contribution in [3.63, 3.8) is 0 Å². The van der Waals surface area contributed by atoms with Gasteiger partial charge in [-0.25, -0.2) is 0 Å². The molecule has 2 heterocycles. The van der Waals surface area contributed by atoms with Crippen LogP contribution in [0, 0.1) is 11.8 Å². The number of benzene rings is 1. The first kappa shape index (κ1) is 22.0. The van der Waals surface area contributed by atoms with E-state index >= 15 is 0 Å². The van der Waals surface area contributed by atoms with Gasteiger partial charge in [-0.15, -0.1) is 24.8 Å². The molecule has 0 spiro atoms. The van der Waals surface area contributed by atoms with Gasteiger partial charge in [0.1, 0.15) is 5.75 Å². The number of rotatable bonds is 6. The van der Waals surface area contributed by atoms with Crippen LogP contribution in [-0.2, 0) is 6.42 Å². The van der Waals surface area contributed by atoms with Gasteiger partial charge < -0.3 is 10.1 Å². The molecule has 0 saturated carbocycles. The largest absolute Gasteiger partial charge is 0.497 e. The number of pyridine rings is 1. The average molecular weight is 385 g/mol. The Bertz CT molecular complexity index is 651.